The standard InChI is InChI=1S/C19H17BrF3N5/c1-11(2)25-18-27-16(15-5-3-4-8-24-15)10-17(28-18)26-14-7-6-12(9-13(14)20)19(21,22)23/h3-11H,1-2H3,(H2,25,26,27,28). The molecule has 0 radical (unpaired) electrons. The lowest BCUT2D eigenvalue weighted by molar-refractivity contribution is -0.137. The van der Waals surface area contributed by atoms with Gasteiger partial charge in [0.05, 0.1) is 22.6 Å². The number of benzene rings is 1. The Morgan fingerprint density at radius 2 is 1.79 bits per heavy atom. The molecule has 0 aliphatic rings. The van der Waals surface area contributed by atoms with E-state index in [0.717, 1.165) is 12.1 Å². The van der Waals surface area contributed by atoms with Crippen LogP contribution in [-0.4, -0.2) is 21.0 Å². The number of alkyl halides is 3. The van der Waals surface area contributed by atoms with Crippen LogP contribution in [0, 0.1) is 0 Å². The highest BCUT2D eigenvalue weighted by molar-refractivity contribution is 9.10. The van der Waals surface area contributed by atoms with E-state index in [1.165, 1.54) is 6.07 Å². The fourth-order valence-electron chi connectivity index (χ4n) is 2.41. The van der Waals surface area contributed by atoms with Crippen LogP contribution in [0.15, 0.2) is 53.1 Å². The normalized spacial score (nSPS) is 11.5. The number of rotatable bonds is 5. The molecule has 0 saturated carbocycles. The summed E-state index contributed by atoms with van der Waals surface area (Å²) in [5.74, 6) is 0.822. The van der Waals surface area contributed by atoms with Crippen molar-refractivity contribution in [2.24, 2.45) is 0 Å². The van der Waals surface area contributed by atoms with Crippen LogP contribution >= 0.6 is 15.9 Å². The molecule has 2 aromatic heterocycles. The van der Waals surface area contributed by atoms with Gasteiger partial charge in [0.2, 0.25) is 5.95 Å². The van der Waals surface area contributed by atoms with Crippen LogP contribution in [0.5, 0.6) is 0 Å². The molecule has 2 N–H and O–H groups in total. The van der Waals surface area contributed by atoms with Crippen molar-refractivity contribution in [1.29, 1.82) is 0 Å². The summed E-state index contributed by atoms with van der Waals surface area (Å²) in [6.45, 7) is 3.91. The first kappa shape index (κ1) is 20.1. The van der Waals surface area contributed by atoms with Crippen LogP contribution in [0.2, 0.25) is 0 Å². The number of nitrogens with one attached hydrogen (secondary N) is 2. The van der Waals surface area contributed by atoms with Crippen LogP contribution < -0.4 is 10.6 Å². The maximum atomic E-state index is 12.9. The third-order valence-electron chi connectivity index (χ3n) is 3.63. The third kappa shape index (κ3) is 4.98. The molecule has 0 unspecified atom stereocenters. The van der Waals surface area contributed by atoms with Gasteiger partial charge in [0.1, 0.15) is 5.82 Å². The largest absolute Gasteiger partial charge is 0.416 e. The zero-order valence-electron chi connectivity index (χ0n) is 15.0. The molecule has 5 nitrogen and oxygen atoms in total. The van der Waals surface area contributed by atoms with Gasteiger partial charge in [0.25, 0.3) is 0 Å². The van der Waals surface area contributed by atoms with E-state index in [2.05, 4.69) is 41.5 Å². The number of hydrogen-bond donors (Lipinski definition) is 2. The average molecular weight is 452 g/mol. The summed E-state index contributed by atoms with van der Waals surface area (Å²) in [6, 6.07) is 10.7. The van der Waals surface area contributed by atoms with Gasteiger partial charge in [-0.1, -0.05) is 6.07 Å². The predicted octanol–water partition coefficient (Wildman–Crippen LogP) is 5.88. The third-order valence-corrected chi connectivity index (χ3v) is 4.29. The molecule has 3 aromatic rings. The van der Waals surface area contributed by atoms with E-state index in [-0.39, 0.29) is 10.5 Å². The van der Waals surface area contributed by atoms with Gasteiger partial charge in [0, 0.05) is 22.8 Å². The lowest BCUT2D eigenvalue weighted by atomic mass is 10.2. The van der Waals surface area contributed by atoms with Crippen molar-refractivity contribution in [1.82, 2.24) is 15.0 Å². The highest BCUT2D eigenvalue weighted by Gasteiger charge is 2.30. The van der Waals surface area contributed by atoms with Crippen molar-refractivity contribution >= 4 is 33.4 Å². The second-order valence-corrected chi connectivity index (χ2v) is 7.15. The lowest BCUT2D eigenvalue weighted by Gasteiger charge is -2.14. The van der Waals surface area contributed by atoms with Gasteiger partial charge in [-0.3, -0.25) is 4.98 Å². The SMILES string of the molecule is CC(C)Nc1nc(Nc2ccc(C(F)(F)F)cc2Br)cc(-c2ccccn2)n1. The van der Waals surface area contributed by atoms with Crippen LogP contribution in [-0.2, 0) is 6.18 Å². The van der Waals surface area contributed by atoms with Crippen LogP contribution in [0.1, 0.15) is 19.4 Å². The van der Waals surface area contributed by atoms with E-state index in [1.807, 2.05) is 26.0 Å². The number of anilines is 3. The zero-order valence-corrected chi connectivity index (χ0v) is 16.6. The number of halogens is 4. The summed E-state index contributed by atoms with van der Waals surface area (Å²) in [5, 5.41) is 6.18. The predicted molar refractivity (Wildman–Crippen MR) is 106 cm³/mol. The lowest BCUT2D eigenvalue weighted by Crippen LogP contribution is -2.13. The second kappa shape index (κ2) is 8.14. The first-order chi connectivity index (χ1) is 13.2. The first-order valence-electron chi connectivity index (χ1n) is 8.43. The van der Waals surface area contributed by atoms with E-state index in [0.29, 0.717) is 28.8 Å². The molecule has 0 aliphatic heterocycles. The van der Waals surface area contributed by atoms with E-state index < -0.39 is 11.7 Å². The Bertz CT molecular complexity index is 962. The maximum absolute atomic E-state index is 12.9. The van der Waals surface area contributed by atoms with Crippen LogP contribution in [0.4, 0.5) is 30.6 Å². The Labute approximate surface area is 168 Å². The zero-order chi connectivity index (χ0) is 20.3. The molecule has 3 rings (SSSR count). The highest BCUT2D eigenvalue weighted by Crippen LogP contribution is 2.35. The maximum Gasteiger partial charge on any atom is 0.416 e. The molecule has 9 heteroatoms. The Kier molecular flexibility index (Phi) is 5.83. The summed E-state index contributed by atoms with van der Waals surface area (Å²) in [5.41, 5.74) is 0.966. The molecule has 1 aromatic carbocycles. The Balaban J connectivity index is 1.97. The smallest absolute Gasteiger partial charge is 0.352 e. The molecule has 0 amide bonds. The van der Waals surface area contributed by atoms with Crippen molar-refractivity contribution < 1.29 is 13.2 Å². The summed E-state index contributed by atoms with van der Waals surface area (Å²) in [4.78, 5) is 13.2. The Morgan fingerprint density at radius 3 is 2.39 bits per heavy atom. The van der Waals surface area contributed by atoms with Crippen molar-refractivity contribution in [2.75, 3.05) is 10.6 Å². The summed E-state index contributed by atoms with van der Waals surface area (Å²) in [6.07, 6.45) is -2.75. The van der Waals surface area contributed by atoms with E-state index in [1.54, 1.807) is 18.3 Å². The molecule has 2 heterocycles. The topological polar surface area (TPSA) is 62.7 Å². The minimum atomic E-state index is -4.41. The molecule has 0 spiro atoms. The summed E-state index contributed by atoms with van der Waals surface area (Å²) < 4.78 is 38.9. The van der Waals surface area contributed by atoms with Crippen molar-refractivity contribution in [3.05, 3.63) is 58.7 Å². The quantitative estimate of drug-likeness (QED) is 0.506. The fourth-order valence-corrected chi connectivity index (χ4v) is 2.89. The second-order valence-electron chi connectivity index (χ2n) is 6.29. The van der Waals surface area contributed by atoms with Crippen LogP contribution in [0.3, 0.4) is 0 Å². The fraction of sp³-hybridized carbons (Fsp3) is 0.211. The minimum absolute atomic E-state index is 0.102. The van der Waals surface area contributed by atoms with Crippen LogP contribution in [0.25, 0.3) is 11.4 Å². The Morgan fingerprint density at radius 1 is 1.00 bits per heavy atom. The molecule has 0 fully saturated rings. The molecular weight excluding hydrogens is 435 g/mol. The van der Waals surface area contributed by atoms with Gasteiger partial charge >= 0.3 is 6.18 Å². The average Bonchev–Trinajstić information content (AvgIpc) is 2.62. The van der Waals surface area contributed by atoms with Crippen molar-refractivity contribution in [2.45, 2.75) is 26.1 Å². The number of hydrogen-bond acceptors (Lipinski definition) is 5. The molecule has 0 bridgehead atoms. The van der Waals surface area contributed by atoms with Gasteiger partial charge in [-0.25, -0.2) is 4.98 Å². The molecule has 0 atom stereocenters. The number of aromatic nitrogens is 3. The van der Waals surface area contributed by atoms with Gasteiger partial charge in [-0.05, 0) is 60.1 Å². The minimum Gasteiger partial charge on any atom is -0.352 e. The van der Waals surface area contributed by atoms with Crippen molar-refractivity contribution in [3.63, 3.8) is 0 Å². The van der Waals surface area contributed by atoms with E-state index >= 15 is 0 Å². The molecule has 146 valence electrons. The summed E-state index contributed by atoms with van der Waals surface area (Å²) in [7, 11) is 0. The van der Waals surface area contributed by atoms with E-state index in [4.69, 9.17) is 0 Å². The monoisotopic (exact) mass is 451 g/mol. The van der Waals surface area contributed by atoms with Gasteiger partial charge in [0.15, 0.2) is 0 Å². The van der Waals surface area contributed by atoms with Gasteiger partial charge < -0.3 is 10.6 Å². The Hall–Kier alpha value is -2.68. The van der Waals surface area contributed by atoms with Gasteiger partial charge in [-0.15, -0.1) is 0 Å². The van der Waals surface area contributed by atoms with Crippen molar-refractivity contribution in [3.8, 4) is 11.4 Å². The number of pyridine rings is 1. The number of nitrogens with zero attached hydrogens (tertiary/aromatic N) is 3. The highest BCUT2D eigenvalue weighted by atomic mass is 79.9. The molecule has 0 aliphatic carbocycles. The molecule has 28 heavy (non-hydrogen) atoms. The molecular formula is C19H17BrF3N5. The summed E-state index contributed by atoms with van der Waals surface area (Å²) >= 11 is 3.19. The first-order valence-corrected chi connectivity index (χ1v) is 9.22. The van der Waals surface area contributed by atoms with Gasteiger partial charge in [-0.2, -0.15) is 18.2 Å². The molecule has 0 saturated heterocycles. The van der Waals surface area contributed by atoms with E-state index in [9.17, 15) is 13.2 Å².